The van der Waals surface area contributed by atoms with E-state index in [0.717, 1.165) is 11.3 Å². The van der Waals surface area contributed by atoms with Crippen LogP contribution in [0.2, 0.25) is 5.15 Å². The van der Waals surface area contributed by atoms with Crippen LogP contribution in [0, 0.1) is 0 Å². The van der Waals surface area contributed by atoms with E-state index < -0.39 is 5.91 Å². The van der Waals surface area contributed by atoms with Crippen LogP contribution in [0.4, 0.5) is 0 Å². The first-order valence-electron chi connectivity index (χ1n) is 8.60. The lowest BCUT2D eigenvalue weighted by molar-refractivity contribution is 0.0954. The molecule has 3 rings (SSSR count). The highest BCUT2D eigenvalue weighted by molar-refractivity contribution is 7.11. The molecule has 0 aliphatic heterocycles. The Morgan fingerprint density at radius 2 is 1.73 bits per heavy atom. The standard InChI is InChI=1S/C20H18ClN3O5S/c1-27-14-9-12(10-15(28-2)17(14)29-3)19(25)23-22-11-16-18(21)24(20(26)30-16)13-7-5-4-6-8-13/h4-11H,1-3H3,(H,23,25)/b22-11+. The maximum Gasteiger partial charge on any atom is 0.313 e. The van der Waals surface area contributed by atoms with Crippen LogP contribution in [0.1, 0.15) is 15.2 Å². The third kappa shape index (κ3) is 4.32. The molecule has 10 heteroatoms. The molecule has 0 bridgehead atoms. The van der Waals surface area contributed by atoms with Gasteiger partial charge in [-0.1, -0.05) is 41.1 Å². The predicted octanol–water partition coefficient (Wildman–Crippen LogP) is 3.34. The van der Waals surface area contributed by atoms with Gasteiger partial charge >= 0.3 is 4.87 Å². The molecule has 8 nitrogen and oxygen atoms in total. The van der Waals surface area contributed by atoms with E-state index in [1.54, 1.807) is 24.3 Å². The minimum Gasteiger partial charge on any atom is -0.493 e. The number of nitrogens with zero attached hydrogens (tertiary/aromatic N) is 2. The Kier molecular flexibility index (Phi) is 6.76. The number of methoxy groups -OCH3 is 3. The molecule has 156 valence electrons. The SMILES string of the molecule is COc1cc(C(=O)N/N=C/c2sc(=O)n(-c3ccccc3)c2Cl)cc(OC)c1OC. The first-order valence-corrected chi connectivity index (χ1v) is 9.79. The Morgan fingerprint density at radius 3 is 2.30 bits per heavy atom. The second-order valence-electron chi connectivity index (χ2n) is 5.81. The highest BCUT2D eigenvalue weighted by Crippen LogP contribution is 2.38. The Hall–Kier alpha value is -3.30. The van der Waals surface area contributed by atoms with Gasteiger partial charge in [-0.05, 0) is 24.3 Å². The molecule has 1 amide bonds. The zero-order valence-corrected chi connectivity index (χ0v) is 17.9. The van der Waals surface area contributed by atoms with Gasteiger partial charge in [0, 0.05) is 5.56 Å². The molecule has 0 spiro atoms. The van der Waals surface area contributed by atoms with Crippen LogP contribution in [0.5, 0.6) is 17.2 Å². The molecule has 2 aromatic carbocycles. The number of hydrazone groups is 1. The minimum atomic E-state index is -0.503. The van der Waals surface area contributed by atoms with Crippen molar-refractivity contribution in [2.45, 2.75) is 0 Å². The number of nitrogens with one attached hydrogen (secondary N) is 1. The lowest BCUT2D eigenvalue weighted by Gasteiger charge is -2.13. The van der Waals surface area contributed by atoms with E-state index in [9.17, 15) is 9.59 Å². The van der Waals surface area contributed by atoms with Gasteiger partial charge in [0.05, 0.1) is 38.1 Å². The zero-order chi connectivity index (χ0) is 21.7. The second kappa shape index (κ2) is 9.47. The average molecular weight is 448 g/mol. The largest absolute Gasteiger partial charge is 0.493 e. The van der Waals surface area contributed by atoms with Crippen LogP contribution in [-0.4, -0.2) is 38.0 Å². The molecule has 3 aromatic rings. The monoisotopic (exact) mass is 447 g/mol. The van der Waals surface area contributed by atoms with Crippen molar-refractivity contribution in [3.8, 4) is 22.9 Å². The number of halogens is 1. The van der Waals surface area contributed by atoms with Gasteiger partial charge in [-0.2, -0.15) is 5.10 Å². The second-order valence-corrected chi connectivity index (χ2v) is 7.16. The highest BCUT2D eigenvalue weighted by Gasteiger charge is 2.17. The Balaban J connectivity index is 1.81. The van der Waals surface area contributed by atoms with Crippen LogP contribution < -0.4 is 24.5 Å². The summed E-state index contributed by atoms with van der Waals surface area (Å²) in [5.41, 5.74) is 3.29. The molecular formula is C20H18ClN3O5S. The molecule has 0 aliphatic carbocycles. The van der Waals surface area contributed by atoms with E-state index >= 15 is 0 Å². The first-order chi connectivity index (χ1) is 14.5. The molecule has 1 N–H and O–H groups in total. The van der Waals surface area contributed by atoms with Crippen LogP contribution >= 0.6 is 22.9 Å². The maximum absolute atomic E-state index is 12.5. The van der Waals surface area contributed by atoms with Crippen molar-refractivity contribution in [1.82, 2.24) is 9.99 Å². The molecule has 0 fully saturated rings. The molecule has 0 atom stereocenters. The van der Waals surface area contributed by atoms with E-state index in [1.165, 1.54) is 44.2 Å². The van der Waals surface area contributed by atoms with Crippen molar-refractivity contribution in [1.29, 1.82) is 0 Å². The number of amides is 1. The maximum atomic E-state index is 12.5. The van der Waals surface area contributed by atoms with Gasteiger partial charge in [0.1, 0.15) is 5.15 Å². The fourth-order valence-corrected chi connectivity index (χ4v) is 3.82. The molecule has 0 saturated carbocycles. The molecule has 0 aliphatic rings. The quantitative estimate of drug-likeness (QED) is 0.443. The predicted molar refractivity (Wildman–Crippen MR) is 116 cm³/mol. The highest BCUT2D eigenvalue weighted by atomic mass is 35.5. The summed E-state index contributed by atoms with van der Waals surface area (Å²) in [6, 6.07) is 12.0. The van der Waals surface area contributed by atoms with Crippen molar-refractivity contribution in [2.24, 2.45) is 5.10 Å². The summed E-state index contributed by atoms with van der Waals surface area (Å²) in [6.45, 7) is 0. The van der Waals surface area contributed by atoms with E-state index in [1.807, 2.05) is 6.07 Å². The Morgan fingerprint density at radius 1 is 1.10 bits per heavy atom. The van der Waals surface area contributed by atoms with Gasteiger partial charge in [0.2, 0.25) is 5.75 Å². The Bertz CT molecular complexity index is 1120. The number of carbonyl (C=O) groups is 1. The Labute approximate surface area is 181 Å². The van der Waals surface area contributed by atoms with E-state index in [0.29, 0.717) is 27.8 Å². The van der Waals surface area contributed by atoms with Gasteiger partial charge in [-0.15, -0.1) is 0 Å². The topological polar surface area (TPSA) is 91.2 Å². The average Bonchev–Trinajstić information content (AvgIpc) is 3.05. The number of rotatable bonds is 7. The van der Waals surface area contributed by atoms with Crippen molar-refractivity contribution in [3.63, 3.8) is 0 Å². The lowest BCUT2D eigenvalue weighted by Crippen LogP contribution is -2.18. The van der Waals surface area contributed by atoms with Crippen molar-refractivity contribution in [3.05, 3.63) is 67.7 Å². The van der Waals surface area contributed by atoms with Crippen LogP contribution in [-0.2, 0) is 0 Å². The molecule has 1 heterocycles. The fraction of sp³-hybridized carbons (Fsp3) is 0.150. The first kappa shape index (κ1) is 21.4. The zero-order valence-electron chi connectivity index (χ0n) is 16.3. The smallest absolute Gasteiger partial charge is 0.313 e. The van der Waals surface area contributed by atoms with Gasteiger partial charge in [-0.25, -0.2) is 5.43 Å². The number of benzene rings is 2. The number of ether oxygens (including phenoxy) is 3. The third-order valence-corrected chi connectivity index (χ3v) is 5.43. The third-order valence-electron chi connectivity index (χ3n) is 4.07. The van der Waals surface area contributed by atoms with E-state index in [-0.39, 0.29) is 15.6 Å². The molecule has 1 aromatic heterocycles. The summed E-state index contributed by atoms with van der Waals surface area (Å²) in [6.07, 6.45) is 1.32. The van der Waals surface area contributed by atoms with Crippen LogP contribution in [0.3, 0.4) is 0 Å². The number of thiazole rings is 1. The van der Waals surface area contributed by atoms with Gasteiger partial charge < -0.3 is 14.2 Å². The molecule has 30 heavy (non-hydrogen) atoms. The summed E-state index contributed by atoms with van der Waals surface area (Å²) >= 11 is 7.25. The molecule has 0 saturated heterocycles. The van der Waals surface area contributed by atoms with Gasteiger partial charge in [0.15, 0.2) is 11.5 Å². The minimum absolute atomic E-state index is 0.210. The fourth-order valence-electron chi connectivity index (χ4n) is 2.67. The van der Waals surface area contributed by atoms with Crippen molar-refractivity contribution >= 4 is 35.1 Å². The summed E-state index contributed by atoms with van der Waals surface area (Å²) < 4.78 is 17.1. The van der Waals surface area contributed by atoms with Crippen molar-refractivity contribution in [2.75, 3.05) is 21.3 Å². The van der Waals surface area contributed by atoms with Crippen LogP contribution in [0.15, 0.2) is 52.4 Å². The normalized spacial score (nSPS) is 10.8. The van der Waals surface area contributed by atoms with Crippen LogP contribution in [0.25, 0.3) is 5.69 Å². The number of aromatic nitrogens is 1. The van der Waals surface area contributed by atoms with Gasteiger partial charge in [0.25, 0.3) is 5.91 Å². The molecule has 0 unspecified atom stereocenters. The summed E-state index contributed by atoms with van der Waals surface area (Å²) in [4.78, 5) is 24.9. The summed E-state index contributed by atoms with van der Waals surface area (Å²) in [5, 5.41) is 4.13. The summed E-state index contributed by atoms with van der Waals surface area (Å²) in [5.74, 6) is 0.551. The number of para-hydroxylation sites is 1. The number of hydrogen-bond acceptors (Lipinski definition) is 7. The number of carbonyl (C=O) groups excluding carboxylic acids is 1. The number of hydrogen-bond donors (Lipinski definition) is 1. The van der Waals surface area contributed by atoms with Crippen molar-refractivity contribution < 1.29 is 19.0 Å². The van der Waals surface area contributed by atoms with E-state index in [2.05, 4.69) is 10.5 Å². The molecular weight excluding hydrogens is 430 g/mol. The van der Waals surface area contributed by atoms with Gasteiger partial charge in [-0.3, -0.25) is 14.2 Å². The molecule has 0 radical (unpaired) electrons. The lowest BCUT2D eigenvalue weighted by atomic mass is 10.1. The summed E-state index contributed by atoms with van der Waals surface area (Å²) in [7, 11) is 4.39. The van der Waals surface area contributed by atoms with E-state index in [4.69, 9.17) is 25.8 Å².